The first kappa shape index (κ1) is 14.0. The molecule has 6 heteroatoms. The minimum absolute atomic E-state index is 0.209. The van der Waals surface area contributed by atoms with E-state index in [1.165, 1.54) is 23.2 Å². The Balaban J connectivity index is 1.55. The van der Waals surface area contributed by atoms with Crippen LogP contribution in [0.2, 0.25) is 0 Å². The van der Waals surface area contributed by atoms with Crippen molar-refractivity contribution in [1.82, 2.24) is 4.98 Å². The summed E-state index contributed by atoms with van der Waals surface area (Å²) in [6.07, 6.45) is 2.43. The van der Waals surface area contributed by atoms with E-state index >= 15 is 0 Å². The maximum atomic E-state index is 12.2. The van der Waals surface area contributed by atoms with Gasteiger partial charge in [-0.15, -0.1) is 11.3 Å². The lowest BCUT2D eigenvalue weighted by atomic mass is 10.1. The second kappa shape index (κ2) is 5.55. The van der Waals surface area contributed by atoms with Gasteiger partial charge in [0.2, 0.25) is 0 Å². The molecule has 3 aromatic rings. The van der Waals surface area contributed by atoms with Crippen molar-refractivity contribution in [2.24, 2.45) is 0 Å². The maximum absolute atomic E-state index is 12.2. The number of benzene rings is 1. The number of hydrogen-bond donors (Lipinski definition) is 1. The standard InChI is InChI=1S/C17H14N2O3S/c1-10-13(5-7-21-10)16(20)19-17-18-14(9-23-17)11-2-3-15-12(8-11)4-6-22-15/h2-3,5,7-9H,4,6H2,1H3,(H,18,19,20). The molecule has 4 rings (SSSR count). The molecule has 3 heterocycles. The number of carbonyl (C=O) groups excluding carboxylic acids is 1. The number of rotatable bonds is 3. The summed E-state index contributed by atoms with van der Waals surface area (Å²) >= 11 is 1.40. The minimum Gasteiger partial charge on any atom is -0.493 e. The van der Waals surface area contributed by atoms with E-state index < -0.39 is 0 Å². The fourth-order valence-electron chi connectivity index (χ4n) is 2.59. The van der Waals surface area contributed by atoms with Gasteiger partial charge >= 0.3 is 0 Å². The number of nitrogens with one attached hydrogen (secondary N) is 1. The van der Waals surface area contributed by atoms with Gasteiger partial charge in [0.05, 0.1) is 24.1 Å². The van der Waals surface area contributed by atoms with E-state index in [1.54, 1.807) is 13.0 Å². The summed E-state index contributed by atoms with van der Waals surface area (Å²) in [5.41, 5.74) is 3.61. The van der Waals surface area contributed by atoms with Gasteiger partial charge in [0.25, 0.3) is 5.91 Å². The Bertz CT molecular complexity index is 882. The Hall–Kier alpha value is -2.60. The van der Waals surface area contributed by atoms with E-state index in [1.807, 2.05) is 17.5 Å². The van der Waals surface area contributed by atoms with E-state index in [0.717, 1.165) is 30.0 Å². The summed E-state index contributed by atoms with van der Waals surface area (Å²) in [6, 6.07) is 7.72. The summed E-state index contributed by atoms with van der Waals surface area (Å²) in [4.78, 5) is 16.7. The molecule has 1 aliphatic heterocycles. The number of thiazole rings is 1. The zero-order chi connectivity index (χ0) is 15.8. The van der Waals surface area contributed by atoms with Crippen LogP contribution in [0.15, 0.2) is 40.3 Å². The lowest BCUT2D eigenvalue weighted by Crippen LogP contribution is -2.11. The van der Waals surface area contributed by atoms with Gasteiger partial charge in [-0.05, 0) is 36.8 Å². The number of amides is 1. The van der Waals surface area contributed by atoms with Crippen LogP contribution in [-0.4, -0.2) is 17.5 Å². The summed E-state index contributed by atoms with van der Waals surface area (Å²) < 4.78 is 10.7. The largest absolute Gasteiger partial charge is 0.493 e. The summed E-state index contributed by atoms with van der Waals surface area (Å²) in [5, 5.41) is 5.32. The van der Waals surface area contributed by atoms with Crippen molar-refractivity contribution >= 4 is 22.4 Å². The molecule has 0 spiro atoms. The van der Waals surface area contributed by atoms with Gasteiger partial charge in [0.1, 0.15) is 11.5 Å². The van der Waals surface area contributed by atoms with Gasteiger partial charge in [0, 0.05) is 17.4 Å². The highest BCUT2D eigenvalue weighted by molar-refractivity contribution is 7.14. The lowest BCUT2D eigenvalue weighted by Gasteiger charge is -2.02. The topological polar surface area (TPSA) is 64.4 Å². The molecule has 23 heavy (non-hydrogen) atoms. The number of aryl methyl sites for hydroxylation is 1. The number of carbonyl (C=O) groups is 1. The molecule has 0 unspecified atom stereocenters. The number of ether oxygens (including phenoxy) is 1. The smallest absolute Gasteiger partial charge is 0.260 e. The Kier molecular flexibility index (Phi) is 3.38. The number of aromatic nitrogens is 1. The van der Waals surface area contributed by atoms with Crippen LogP contribution in [0.25, 0.3) is 11.3 Å². The first-order valence-electron chi connectivity index (χ1n) is 7.28. The molecule has 0 fully saturated rings. The highest BCUT2D eigenvalue weighted by atomic mass is 32.1. The Labute approximate surface area is 136 Å². The van der Waals surface area contributed by atoms with Gasteiger partial charge in [-0.1, -0.05) is 0 Å². The van der Waals surface area contributed by atoms with Crippen LogP contribution in [-0.2, 0) is 6.42 Å². The number of nitrogens with zero attached hydrogens (tertiary/aromatic N) is 1. The molecule has 1 N–H and O–H groups in total. The van der Waals surface area contributed by atoms with Crippen molar-refractivity contribution in [3.8, 4) is 17.0 Å². The molecular formula is C17H14N2O3S. The molecule has 0 saturated heterocycles. The second-order valence-electron chi connectivity index (χ2n) is 5.30. The van der Waals surface area contributed by atoms with Crippen LogP contribution in [0.4, 0.5) is 5.13 Å². The molecule has 1 amide bonds. The van der Waals surface area contributed by atoms with Crippen molar-refractivity contribution < 1.29 is 13.9 Å². The van der Waals surface area contributed by atoms with E-state index in [9.17, 15) is 4.79 Å². The third-order valence-corrected chi connectivity index (χ3v) is 4.57. The van der Waals surface area contributed by atoms with Crippen LogP contribution in [0.1, 0.15) is 21.7 Å². The molecule has 0 saturated carbocycles. The lowest BCUT2D eigenvalue weighted by molar-refractivity contribution is 0.102. The highest BCUT2D eigenvalue weighted by Gasteiger charge is 2.16. The molecular weight excluding hydrogens is 312 g/mol. The summed E-state index contributed by atoms with van der Waals surface area (Å²) in [6.45, 7) is 2.50. The minimum atomic E-state index is -0.209. The summed E-state index contributed by atoms with van der Waals surface area (Å²) in [7, 11) is 0. The molecule has 0 bridgehead atoms. The Morgan fingerprint density at radius 1 is 1.35 bits per heavy atom. The third kappa shape index (κ3) is 2.61. The van der Waals surface area contributed by atoms with Crippen molar-refractivity contribution in [2.45, 2.75) is 13.3 Å². The molecule has 0 aliphatic carbocycles. The van der Waals surface area contributed by atoms with Gasteiger partial charge in [0.15, 0.2) is 5.13 Å². The monoisotopic (exact) mass is 326 g/mol. The highest BCUT2D eigenvalue weighted by Crippen LogP contribution is 2.32. The van der Waals surface area contributed by atoms with E-state index in [-0.39, 0.29) is 5.91 Å². The molecule has 1 aliphatic rings. The zero-order valence-corrected chi connectivity index (χ0v) is 13.3. The van der Waals surface area contributed by atoms with Gasteiger partial charge in [-0.3, -0.25) is 10.1 Å². The number of fused-ring (bicyclic) bond motifs is 1. The van der Waals surface area contributed by atoms with Gasteiger partial charge < -0.3 is 9.15 Å². The summed E-state index contributed by atoms with van der Waals surface area (Å²) in [5.74, 6) is 1.34. The quantitative estimate of drug-likeness (QED) is 0.793. The predicted octanol–water partition coefficient (Wildman–Crippen LogP) is 3.90. The van der Waals surface area contributed by atoms with Crippen molar-refractivity contribution in [3.63, 3.8) is 0 Å². The Morgan fingerprint density at radius 3 is 3.09 bits per heavy atom. The van der Waals surface area contributed by atoms with Gasteiger partial charge in [-0.25, -0.2) is 4.98 Å². The fraction of sp³-hybridized carbons (Fsp3) is 0.176. The Morgan fingerprint density at radius 2 is 2.26 bits per heavy atom. The molecule has 0 atom stereocenters. The SMILES string of the molecule is Cc1occc1C(=O)Nc1nc(-c2ccc3c(c2)CCO3)cs1. The van der Waals surface area contributed by atoms with Crippen LogP contribution < -0.4 is 10.1 Å². The molecule has 2 aromatic heterocycles. The van der Waals surface area contributed by atoms with E-state index in [4.69, 9.17) is 9.15 Å². The van der Waals surface area contributed by atoms with E-state index in [0.29, 0.717) is 16.5 Å². The van der Waals surface area contributed by atoms with Crippen molar-refractivity contribution in [2.75, 3.05) is 11.9 Å². The van der Waals surface area contributed by atoms with Crippen LogP contribution >= 0.6 is 11.3 Å². The number of anilines is 1. The number of hydrogen-bond acceptors (Lipinski definition) is 5. The molecule has 5 nitrogen and oxygen atoms in total. The van der Waals surface area contributed by atoms with Crippen LogP contribution in [0.5, 0.6) is 5.75 Å². The fourth-order valence-corrected chi connectivity index (χ4v) is 3.31. The van der Waals surface area contributed by atoms with Crippen LogP contribution in [0, 0.1) is 6.92 Å². The second-order valence-corrected chi connectivity index (χ2v) is 6.16. The average molecular weight is 326 g/mol. The normalized spacial score (nSPS) is 12.7. The first-order chi connectivity index (χ1) is 11.2. The van der Waals surface area contributed by atoms with Crippen LogP contribution in [0.3, 0.4) is 0 Å². The first-order valence-corrected chi connectivity index (χ1v) is 8.16. The predicted molar refractivity (Wildman–Crippen MR) is 88.1 cm³/mol. The van der Waals surface area contributed by atoms with Crippen molar-refractivity contribution in [1.29, 1.82) is 0 Å². The zero-order valence-electron chi connectivity index (χ0n) is 12.5. The van der Waals surface area contributed by atoms with Gasteiger partial charge in [-0.2, -0.15) is 0 Å². The average Bonchev–Trinajstić information content (AvgIpc) is 3.26. The third-order valence-electron chi connectivity index (χ3n) is 3.81. The van der Waals surface area contributed by atoms with Crippen molar-refractivity contribution in [3.05, 3.63) is 52.8 Å². The number of furan rings is 1. The molecule has 0 radical (unpaired) electrons. The maximum Gasteiger partial charge on any atom is 0.260 e. The molecule has 1 aromatic carbocycles. The molecule has 116 valence electrons. The van der Waals surface area contributed by atoms with E-state index in [2.05, 4.69) is 16.4 Å².